The van der Waals surface area contributed by atoms with Crippen LogP contribution in [0.3, 0.4) is 0 Å². The maximum atomic E-state index is 12.3. The number of carbonyl (C=O) groups is 2. The van der Waals surface area contributed by atoms with Gasteiger partial charge < -0.3 is 10.1 Å². The molecule has 1 atom stereocenters. The molecule has 2 aromatic rings. The maximum Gasteiger partial charge on any atom is 0.226 e. The summed E-state index contributed by atoms with van der Waals surface area (Å²) in [6.45, 7) is 8.59. The summed E-state index contributed by atoms with van der Waals surface area (Å²) in [4.78, 5) is 24.4. The zero-order chi connectivity index (χ0) is 20.7. The number of nitrogens with zero attached hydrogens (tertiary/aromatic N) is 2. The fourth-order valence-electron chi connectivity index (χ4n) is 2.91. The number of thioether (sulfide) groups is 1. The van der Waals surface area contributed by atoms with Crippen molar-refractivity contribution in [1.82, 2.24) is 10.2 Å². The molecule has 0 bridgehead atoms. The number of carbonyl (C=O) groups excluding carboxylic acids is 2. The van der Waals surface area contributed by atoms with E-state index in [9.17, 15) is 9.59 Å². The molecule has 0 aliphatic carbocycles. The second-order valence-corrected chi connectivity index (χ2v) is 10.1. The Balaban J connectivity index is 1.81. The van der Waals surface area contributed by atoms with Crippen molar-refractivity contribution in [3.05, 3.63) is 29.8 Å². The van der Waals surface area contributed by atoms with Gasteiger partial charge in [0.05, 0.1) is 12.9 Å². The summed E-state index contributed by atoms with van der Waals surface area (Å²) in [6.07, 6.45) is 1.43. The minimum Gasteiger partial charge on any atom is -0.497 e. The number of ether oxygens (including phenoxy) is 1. The number of hydrogen-bond acceptors (Lipinski definition) is 7. The normalized spacial score (nSPS) is 12.5. The second-order valence-electron chi connectivity index (χ2n) is 7.94. The van der Waals surface area contributed by atoms with Crippen molar-refractivity contribution >= 4 is 39.9 Å². The minimum absolute atomic E-state index is 0.00411. The molecule has 1 amide bonds. The van der Waals surface area contributed by atoms with Gasteiger partial charge in [0.15, 0.2) is 10.1 Å². The Kier molecular flexibility index (Phi) is 8.00. The fourth-order valence-corrected chi connectivity index (χ4v) is 4.57. The highest BCUT2D eigenvalue weighted by Gasteiger charge is 2.18. The third kappa shape index (κ3) is 7.59. The van der Waals surface area contributed by atoms with Crippen LogP contribution in [0.5, 0.6) is 5.75 Å². The first-order valence-electron chi connectivity index (χ1n) is 9.09. The van der Waals surface area contributed by atoms with Gasteiger partial charge in [0.1, 0.15) is 5.75 Å². The van der Waals surface area contributed by atoms with Crippen molar-refractivity contribution in [3.63, 3.8) is 0 Å². The number of nitrogens with one attached hydrogen (secondary N) is 1. The molecule has 0 saturated heterocycles. The van der Waals surface area contributed by atoms with Crippen LogP contribution in [0, 0.1) is 11.3 Å². The molecule has 0 saturated carbocycles. The first-order chi connectivity index (χ1) is 13.2. The van der Waals surface area contributed by atoms with Gasteiger partial charge in [-0.25, -0.2) is 0 Å². The Morgan fingerprint density at radius 2 is 1.89 bits per heavy atom. The van der Waals surface area contributed by atoms with Gasteiger partial charge in [-0.3, -0.25) is 9.59 Å². The van der Waals surface area contributed by atoms with Crippen LogP contribution in [-0.2, 0) is 4.79 Å². The topological polar surface area (TPSA) is 81.2 Å². The van der Waals surface area contributed by atoms with Crippen molar-refractivity contribution in [2.24, 2.45) is 11.3 Å². The highest BCUT2D eigenvalue weighted by atomic mass is 32.2. The first kappa shape index (κ1) is 22.4. The third-order valence-electron chi connectivity index (χ3n) is 3.89. The molecule has 0 spiro atoms. The van der Waals surface area contributed by atoms with E-state index in [1.165, 1.54) is 23.1 Å². The molecule has 0 fully saturated rings. The smallest absolute Gasteiger partial charge is 0.226 e. The number of ketones is 1. The summed E-state index contributed by atoms with van der Waals surface area (Å²) in [5.41, 5.74) is 0.821. The molecule has 8 heteroatoms. The van der Waals surface area contributed by atoms with Gasteiger partial charge >= 0.3 is 0 Å². The van der Waals surface area contributed by atoms with Gasteiger partial charge in [-0.1, -0.05) is 50.8 Å². The van der Waals surface area contributed by atoms with Gasteiger partial charge in [0.2, 0.25) is 11.0 Å². The van der Waals surface area contributed by atoms with E-state index in [1.54, 1.807) is 31.4 Å². The number of amides is 1. The molecule has 0 radical (unpaired) electrons. The zero-order valence-corrected chi connectivity index (χ0v) is 18.6. The Morgan fingerprint density at radius 1 is 1.21 bits per heavy atom. The molecule has 28 heavy (non-hydrogen) atoms. The van der Waals surface area contributed by atoms with Crippen LogP contribution in [0.15, 0.2) is 28.6 Å². The summed E-state index contributed by atoms with van der Waals surface area (Å²) >= 11 is 2.60. The lowest BCUT2D eigenvalue weighted by Gasteiger charge is -2.22. The van der Waals surface area contributed by atoms with Crippen LogP contribution in [0.2, 0.25) is 0 Å². The summed E-state index contributed by atoms with van der Waals surface area (Å²) in [7, 11) is 1.59. The summed E-state index contributed by atoms with van der Waals surface area (Å²) in [5.74, 6) is 1.22. The number of benzene rings is 1. The number of Topliss-reactive ketones (excluding diaryl/α,β-unsaturated/α-hetero) is 1. The third-order valence-corrected chi connectivity index (χ3v) is 5.86. The number of rotatable bonds is 9. The van der Waals surface area contributed by atoms with E-state index in [-0.39, 0.29) is 22.9 Å². The number of anilines is 1. The molecule has 1 unspecified atom stereocenters. The van der Waals surface area contributed by atoms with Crippen molar-refractivity contribution in [2.75, 3.05) is 18.2 Å². The van der Waals surface area contributed by atoms with Gasteiger partial charge in [-0.15, -0.1) is 10.2 Å². The molecular weight excluding hydrogens is 394 g/mol. The molecule has 0 aliphatic rings. The first-order valence-corrected chi connectivity index (χ1v) is 10.9. The highest BCUT2D eigenvalue weighted by molar-refractivity contribution is 8.01. The van der Waals surface area contributed by atoms with Crippen LogP contribution in [0.4, 0.5) is 5.13 Å². The maximum absolute atomic E-state index is 12.3. The number of methoxy groups -OCH3 is 1. The van der Waals surface area contributed by atoms with Crippen LogP contribution in [-0.4, -0.2) is 34.8 Å². The average Bonchev–Trinajstić information content (AvgIpc) is 3.05. The van der Waals surface area contributed by atoms with Gasteiger partial charge in [-0.2, -0.15) is 0 Å². The lowest BCUT2D eigenvalue weighted by atomic mass is 9.84. The van der Waals surface area contributed by atoms with Crippen LogP contribution < -0.4 is 10.1 Å². The van der Waals surface area contributed by atoms with E-state index in [0.29, 0.717) is 33.1 Å². The van der Waals surface area contributed by atoms with E-state index in [1.807, 2.05) is 0 Å². The van der Waals surface area contributed by atoms with Crippen molar-refractivity contribution in [3.8, 4) is 5.75 Å². The Hall–Kier alpha value is -1.93. The Morgan fingerprint density at radius 3 is 2.50 bits per heavy atom. The lowest BCUT2D eigenvalue weighted by molar-refractivity contribution is -0.117. The van der Waals surface area contributed by atoms with Gasteiger partial charge in [0.25, 0.3) is 0 Å². The molecule has 1 aromatic heterocycles. The molecule has 1 heterocycles. The van der Waals surface area contributed by atoms with E-state index in [4.69, 9.17) is 4.74 Å². The van der Waals surface area contributed by atoms with E-state index in [2.05, 4.69) is 43.2 Å². The van der Waals surface area contributed by atoms with Crippen molar-refractivity contribution in [2.45, 2.75) is 44.9 Å². The fraction of sp³-hybridized carbons (Fsp3) is 0.500. The van der Waals surface area contributed by atoms with E-state index < -0.39 is 0 Å². The molecule has 0 aliphatic heterocycles. The van der Waals surface area contributed by atoms with Gasteiger partial charge in [-0.05, 0) is 42.0 Å². The largest absolute Gasteiger partial charge is 0.497 e. The van der Waals surface area contributed by atoms with Crippen LogP contribution in [0.25, 0.3) is 0 Å². The standard InChI is InChI=1S/C20H27N3O3S2/c1-13(11-20(2,3)4)10-17(25)21-18-22-23-19(28-18)27-12-16(24)14-6-8-15(26-5)9-7-14/h6-9,13H,10-12H2,1-5H3,(H,21,22,25). The van der Waals surface area contributed by atoms with Crippen molar-refractivity contribution < 1.29 is 14.3 Å². The number of hydrogen-bond donors (Lipinski definition) is 1. The van der Waals surface area contributed by atoms with E-state index >= 15 is 0 Å². The summed E-state index contributed by atoms with van der Waals surface area (Å²) in [6, 6.07) is 7.01. The molecule has 2 rings (SSSR count). The predicted octanol–water partition coefficient (Wildman–Crippen LogP) is 4.92. The molecule has 1 N–H and O–H groups in total. The molecule has 152 valence electrons. The summed E-state index contributed by atoms with van der Waals surface area (Å²) in [5, 5.41) is 11.3. The average molecular weight is 422 g/mol. The predicted molar refractivity (Wildman–Crippen MR) is 114 cm³/mol. The zero-order valence-electron chi connectivity index (χ0n) is 16.9. The lowest BCUT2D eigenvalue weighted by Crippen LogP contribution is -2.18. The number of aromatic nitrogens is 2. The van der Waals surface area contributed by atoms with Crippen LogP contribution in [0.1, 0.15) is 50.9 Å². The second kappa shape index (κ2) is 10.0. The quantitative estimate of drug-likeness (QED) is 0.351. The molecule has 6 nitrogen and oxygen atoms in total. The van der Waals surface area contributed by atoms with Crippen LogP contribution >= 0.6 is 23.1 Å². The van der Waals surface area contributed by atoms with Crippen molar-refractivity contribution in [1.29, 1.82) is 0 Å². The van der Waals surface area contributed by atoms with E-state index in [0.717, 1.165) is 6.42 Å². The molecular formula is C20H27N3O3S2. The minimum atomic E-state index is -0.0567. The monoisotopic (exact) mass is 421 g/mol. The Bertz CT molecular complexity index is 798. The SMILES string of the molecule is COc1ccc(C(=O)CSc2nnc(NC(=O)CC(C)CC(C)(C)C)s2)cc1. The molecule has 1 aromatic carbocycles. The van der Waals surface area contributed by atoms with Gasteiger partial charge in [0, 0.05) is 12.0 Å². The highest BCUT2D eigenvalue weighted by Crippen LogP contribution is 2.28. The summed E-state index contributed by atoms with van der Waals surface area (Å²) < 4.78 is 5.75. The Labute approximate surface area is 174 Å².